The molecule has 0 atom stereocenters. The first-order valence-corrected chi connectivity index (χ1v) is 8.21. The Hall–Kier alpha value is -2.34. The maximum atomic E-state index is 12.4. The lowest BCUT2D eigenvalue weighted by Gasteiger charge is -2.16. The third-order valence-corrected chi connectivity index (χ3v) is 4.66. The molecule has 0 bridgehead atoms. The molecule has 0 N–H and O–H groups in total. The normalized spacial score (nSPS) is 13.2. The zero-order valence-corrected chi connectivity index (χ0v) is 14.9. The molecule has 3 rings (SSSR count). The van der Waals surface area contributed by atoms with E-state index in [1.54, 1.807) is 38.5 Å². The SMILES string of the molecule is COc1cc(CCN2C(=O)c3ccccc3C2=O)c(OC)cc1Br. The summed E-state index contributed by atoms with van der Waals surface area (Å²) in [4.78, 5) is 26.1. The lowest BCUT2D eigenvalue weighted by Crippen LogP contribution is -2.31. The van der Waals surface area contributed by atoms with Crippen LogP contribution in [0.3, 0.4) is 0 Å². The van der Waals surface area contributed by atoms with E-state index >= 15 is 0 Å². The summed E-state index contributed by atoms with van der Waals surface area (Å²) < 4.78 is 11.5. The molecule has 2 aromatic rings. The Labute approximate surface area is 148 Å². The van der Waals surface area contributed by atoms with Gasteiger partial charge in [0, 0.05) is 6.54 Å². The van der Waals surface area contributed by atoms with Crippen LogP contribution in [0.15, 0.2) is 40.9 Å². The number of hydrogen-bond acceptors (Lipinski definition) is 4. The average molecular weight is 390 g/mol. The van der Waals surface area contributed by atoms with Gasteiger partial charge in [0.2, 0.25) is 0 Å². The molecule has 1 aliphatic heterocycles. The Balaban J connectivity index is 1.82. The van der Waals surface area contributed by atoms with Crippen molar-refractivity contribution in [2.24, 2.45) is 0 Å². The highest BCUT2D eigenvalue weighted by Crippen LogP contribution is 2.33. The van der Waals surface area contributed by atoms with Crippen molar-refractivity contribution in [3.63, 3.8) is 0 Å². The lowest BCUT2D eigenvalue weighted by atomic mass is 10.1. The van der Waals surface area contributed by atoms with Crippen LogP contribution >= 0.6 is 15.9 Å². The Morgan fingerprint density at radius 1 is 0.958 bits per heavy atom. The van der Waals surface area contributed by atoms with E-state index in [4.69, 9.17) is 9.47 Å². The standard InChI is InChI=1S/C18H16BrNO4/c1-23-15-10-14(19)16(24-2)9-11(15)7-8-20-17(21)12-5-3-4-6-13(12)18(20)22/h3-6,9-10H,7-8H2,1-2H3. The van der Waals surface area contributed by atoms with Crippen molar-refractivity contribution in [1.82, 2.24) is 4.90 Å². The van der Waals surface area contributed by atoms with Crippen LogP contribution < -0.4 is 9.47 Å². The van der Waals surface area contributed by atoms with Gasteiger partial charge in [-0.2, -0.15) is 0 Å². The molecule has 0 aliphatic carbocycles. The Morgan fingerprint density at radius 2 is 1.54 bits per heavy atom. The predicted molar refractivity (Wildman–Crippen MR) is 92.8 cm³/mol. The van der Waals surface area contributed by atoms with Gasteiger partial charge in [0.15, 0.2) is 0 Å². The van der Waals surface area contributed by atoms with Crippen LogP contribution in [0, 0.1) is 0 Å². The minimum atomic E-state index is -0.251. The average Bonchev–Trinajstić information content (AvgIpc) is 2.85. The maximum Gasteiger partial charge on any atom is 0.261 e. The van der Waals surface area contributed by atoms with Crippen molar-refractivity contribution >= 4 is 27.7 Å². The zero-order chi connectivity index (χ0) is 17.3. The van der Waals surface area contributed by atoms with E-state index in [1.807, 2.05) is 12.1 Å². The van der Waals surface area contributed by atoms with Crippen molar-refractivity contribution in [2.45, 2.75) is 6.42 Å². The molecule has 0 saturated heterocycles. The second kappa shape index (κ2) is 6.65. The molecular formula is C18H16BrNO4. The van der Waals surface area contributed by atoms with Gasteiger partial charge in [-0.05, 0) is 52.2 Å². The van der Waals surface area contributed by atoms with Crippen molar-refractivity contribution < 1.29 is 19.1 Å². The van der Waals surface area contributed by atoms with Crippen molar-refractivity contribution in [2.75, 3.05) is 20.8 Å². The number of rotatable bonds is 5. The van der Waals surface area contributed by atoms with Gasteiger partial charge in [-0.3, -0.25) is 14.5 Å². The van der Waals surface area contributed by atoms with Gasteiger partial charge in [0.25, 0.3) is 11.8 Å². The molecule has 5 nitrogen and oxygen atoms in total. The first-order chi connectivity index (χ1) is 11.6. The van der Waals surface area contributed by atoms with E-state index in [0.29, 0.717) is 29.0 Å². The van der Waals surface area contributed by atoms with E-state index in [-0.39, 0.29) is 18.4 Å². The van der Waals surface area contributed by atoms with Gasteiger partial charge in [-0.25, -0.2) is 0 Å². The smallest absolute Gasteiger partial charge is 0.261 e. The number of ether oxygens (including phenoxy) is 2. The van der Waals surface area contributed by atoms with E-state index in [9.17, 15) is 9.59 Å². The molecule has 2 aromatic carbocycles. The Kier molecular flexibility index (Phi) is 4.57. The van der Waals surface area contributed by atoms with Gasteiger partial charge in [0.05, 0.1) is 29.8 Å². The number of fused-ring (bicyclic) bond motifs is 1. The molecular weight excluding hydrogens is 374 g/mol. The molecule has 24 heavy (non-hydrogen) atoms. The number of benzene rings is 2. The minimum Gasteiger partial charge on any atom is -0.496 e. The molecule has 1 aliphatic rings. The number of halogens is 1. The molecule has 6 heteroatoms. The number of carbonyl (C=O) groups excluding carboxylic acids is 2. The van der Waals surface area contributed by atoms with Gasteiger partial charge in [0.1, 0.15) is 11.5 Å². The van der Waals surface area contributed by atoms with E-state index in [0.717, 1.165) is 10.0 Å². The summed E-state index contributed by atoms with van der Waals surface area (Å²) in [5, 5.41) is 0. The van der Waals surface area contributed by atoms with Gasteiger partial charge >= 0.3 is 0 Å². The fraction of sp³-hybridized carbons (Fsp3) is 0.222. The molecule has 124 valence electrons. The minimum absolute atomic E-state index is 0.251. The molecule has 0 unspecified atom stereocenters. The molecule has 0 spiro atoms. The zero-order valence-electron chi connectivity index (χ0n) is 13.3. The van der Waals surface area contributed by atoms with E-state index in [2.05, 4.69) is 15.9 Å². The third kappa shape index (κ3) is 2.78. The van der Waals surface area contributed by atoms with Gasteiger partial charge < -0.3 is 9.47 Å². The van der Waals surface area contributed by atoms with E-state index in [1.165, 1.54) is 4.90 Å². The van der Waals surface area contributed by atoms with Crippen molar-refractivity contribution in [1.29, 1.82) is 0 Å². The number of carbonyl (C=O) groups is 2. The van der Waals surface area contributed by atoms with E-state index < -0.39 is 0 Å². The number of amides is 2. The summed E-state index contributed by atoms with van der Waals surface area (Å²) in [6.07, 6.45) is 0.484. The highest BCUT2D eigenvalue weighted by Gasteiger charge is 2.34. The molecule has 1 heterocycles. The predicted octanol–water partition coefficient (Wildman–Crippen LogP) is 3.31. The van der Waals surface area contributed by atoms with Crippen LogP contribution in [0.4, 0.5) is 0 Å². The van der Waals surface area contributed by atoms with Crippen LogP contribution in [0.1, 0.15) is 26.3 Å². The summed E-state index contributed by atoms with van der Waals surface area (Å²) in [6.45, 7) is 0.285. The maximum absolute atomic E-state index is 12.4. The monoisotopic (exact) mass is 389 g/mol. The summed E-state index contributed by atoms with van der Waals surface area (Å²) in [7, 11) is 3.17. The fourth-order valence-corrected chi connectivity index (χ4v) is 3.28. The van der Waals surface area contributed by atoms with Gasteiger partial charge in [-0.15, -0.1) is 0 Å². The van der Waals surface area contributed by atoms with Crippen LogP contribution in [-0.2, 0) is 6.42 Å². The second-order valence-corrected chi connectivity index (χ2v) is 6.21. The summed E-state index contributed by atoms with van der Waals surface area (Å²) in [5.41, 5.74) is 1.79. The highest BCUT2D eigenvalue weighted by molar-refractivity contribution is 9.10. The molecule has 0 aromatic heterocycles. The summed E-state index contributed by atoms with van der Waals surface area (Å²) >= 11 is 3.41. The molecule has 2 amide bonds. The second-order valence-electron chi connectivity index (χ2n) is 5.36. The summed E-state index contributed by atoms with van der Waals surface area (Å²) in [5.74, 6) is 0.852. The third-order valence-electron chi connectivity index (χ3n) is 4.04. The number of imide groups is 1. The Morgan fingerprint density at radius 3 is 2.08 bits per heavy atom. The largest absolute Gasteiger partial charge is 0.496 e. The fourth-order valence-electron chi connectivity index (χ4n) is 2.79. The molecule has 0 fully saturated rings. The van der Waals surface area contributed by atoms with Crippen molar-refractivity contribution in [3.05, 3.63) is 57.6 Å². The quantitative estimate of drug-likeness (QED) is 0.736. The Bertz CT molecular complexity index is 784. The number of methoxy groups -OCH3 is 2. The van der Waals surface area contributed by atoms with Crippen LogP contribution in [0.25, 0.3) is 0 Å². The first-order valence-electron chi connectivity index (χ1n) is 7.42. The van der Waals surface area contributed by atoms with Gasteiger partial charge in [-0.1, -0.05) is 12.1 Å². The van der Waals surface area contributed by atoms with Crippen molar-refractivity contribution in [3.8, 4) is 11.5 Å². The topological polar surface area (TPSA) is 55.8 Å². The van der Waals surface area contributed by atoms with Crippen LogP contribution in [-0.4, -0.2) is 37.5 Å². The number of nitrogens with zero attached hydrogens (tertiary/aromatic N) is 1. The number of hydrogen-bond donors (Lipinski definition) is 0. The van der Waals surface area contributed by atoms with Crippen LogP contribution in [0.5, 0.6) is 11.5 Å². The molecule has 0 saturated carbocycles. The first kappa shape index (κ1) is 16.5. The summed E-state index contributed by atoms with van der Waals surface area (Å²) in [6, 6.07) is 10.5. The lowest BCUT2D eigenvalue weighted by molar-refractivity contribution is 0.0656. The molecule has 0 radical (unpaired) electrons. The van der Waals surface area contributed by atoms with Crippen LogP contribution in [0.2, 0.25) is 0 Å². The highest BCUT2D eigenvalue weighted by atomic mass is 79.9.